The summed E-state index contributed by atoms with van der Waals surface area (Å²) in [6.07, 6.45) is 1.03. The van der Waals surface area contributed by atoms with Crippen LogP contribution in [0.4, 0.5) is 0 Å². The molecule has 3 heteroatoms. The van der Waals surface area contributed by atoms with Crippen LogP contribution in [0, 0.1) is 5.41 Å². The van der Waals surface area contributed by atoms with Gasteiger partial charge in [0, 0.05) is 17.3 Å². The van der Waals surface area contributed by atoms with Crippen molar-refractivity contribution in [3.8, 4) is 11.5 Å². The third-order valence-corrected chi connectivity index (χ3v) is 1.93. The van der Waals surface area contributed by atoms with E-state index in [2.05, 4.69) is 0 Å². The standard InChI is InChI=1S/C10H13NO2/c1-6(2)9-4-8(12)3-7(5-11)10(9)13/h3-6,11-13H,1-2H3. The molecule has 0 unspecified atom stereocenters. The molecule has 0 aliphatic heterocycles. The van der Waals surface area contributed by atoms with E-state index in [1.54, 1.807) is 0 Å². The first-order chi connectivity index (χ1) is 6.06. The second kappa shape index (κ2) is 3.47. The molecule has 0 amide bonds. The highest BCUT2D eigenvalue weighted by molar-refractivity contribution is 5.82. The number of phenolic OH excluding ortho intramolecular Hbond substituents is 2. The zero-order valence-electron chi connectivity index (χ0n) is 7.70. The molecule has 0 aromatic heterocycles. The van der Waals surface area contributed by atoms with Crippen LogP contribution in [0.25, 0.3) is 0 Å². The summed E-state index contributed by atoms with van der Waals surface area (Å²) in [7, 11) is 0. The van der Waals surface area contributed by atoms with E-state index >= 15 is 0 Å². The molecule has 0 saturated carbocycles. The summed E-state index contributed by atoms with van der Waals surface area (Å²) in [6, 6.07) is 2.89. The first-order valence-electron chi connectivity index (χ1n) is 4.12. The van der Waals surface area contributed by atoms with Crippen LogP contribution in [0.3, 0.4) is 0 Å². The van der Waals surface area contributed by atoms with Crippen LogP contribution < -0.4 is 0 Å². The van der Waals surface area contributed by atoms with Gasteiger partial charge >= 0.3 is 0 Å². The summed E-state index contributed by atoms with van der Waals surface area (Å²) in [5, 5.41) is 25.9. The molecule has 0 bridgehead atoms. The highest BCUT2D eigenvalue weighted by atomic mass is 16.3. The van der Waals surface area contributed by atoms with Crippen LogP contribution in [0.2, 0.25) is 0 Å². The summed E-state index contributed by atoms with van der Waals surface area (Å²) in [6.45, 7) is 3.84. The molecule has 0 atom stereocenters. The van der Waals surface area contributed by atoms with Crippen LogP contribution in [-0.2, 0) is 0 Å². The van der Waals surface area contributed by atoms with Crippen molar-refractivity contribution < 1.29 is 10.2 Å². The van der Waals surface area contributed by atoms with E-state index in [9.17, 15) is 10.2 Å². The van der Waals surface area contributed by atoms with Crippen molar-refractivity contribution in [2.45, 2.75) is 19.8 Å². The van der Waals surface area contributed by atoms with Gasteiger partial charge in [0.05, 0.1) is 0 Å². The van der Waals surface area contributed by atoms with Crippen molar-refractivity contribution >= 4 is 6.21 Å². The van der Waals surface area contributed by atoms with Gasteiger partial charge in [-0.1, -0.05) is 13.8 Å². The SMILES string of the molecule is CC(C)c1cc(O)cc(C=N)c1O. The highest BCUT2D eigenvalue weighted by Gasteiger charge is 2.10. The van der Waals surface area contributed by atoms with Gasteiger partial charge in [0.2, 0.25) is 0 Å². The van der Waals surface area contributed by atoms with Crippen LogP contribution >= 0.6 is 0 Å². The second-order valence-corrected chi connectivity index (χ2v) is 3.27. The van der Waals surface area contributed by atoms with Gasteiger partial charge in [-0.2, -0.15) is 0 Å². The largest absolute Gasteiger partial charge is 0.508 e. The molecule has 0 fully saturated rings. The minimum absolute atomic E-state index is 0.0833. The summed E-state index contributed by atoms with van der Waals surface area (Å²) in [5.41, 5.74) is 1.02. The number of benzene rings is 1. The molecule has 13 heavy (non-hydrogen) atoms. The van der Waals surface area contributed by atoms with E-state index in [0.29, 0.717) is 11.1 Å². The van der Waals surface area contributed by atoms with E-state index < -0.39 is 0 Å². The maximum absolute atomic E-state index is 9.62. The van der Waals surface area contributed by atoms with Crippen molar-refractivity contribution in [1.29, 1.82) is 5.41 Å². The molecular weight excluding hydrogens is 166 g/mol. The number of rotatable bonds is 2. The molecule has 3 N–H and O–H groups in total. The summed E-state index contributed by atoms with van der Waals surface area (Å²) in [5.74, 6) is 0.300. The fourth-order valence-electron chi connectivity index (χ4n) is 1.21. The lowest BCUT2D eigenvalue weighted by Crippen LogP contribution is -1.92. The van der Waals surface area contributed by atoms with Gasteiger partial charge in [-0.05, 0) is 18.1 Å². The van der Waals surface area contributed by atoms with Crippen LogP contribution in [0.1, 0.15) is 30.9 Å². The predicted octanol–water partition coefficient (Wildman–Crippen LogP) is 2.22. The number of phenols is 2. The van der Waals surface area contributed by atoms with Crippen molar-refractivity contribution in [3.05, 3.63) is 23.3 Å². The highest BCUT2D eigenvalue weighted by Crippen LogP contribution is 2.31. The van der Waals surface area contributed by atoms with Crippen molar-refractivity contribution in [2.24, 2.45) is 0 Å². The fraction of sp³-hybridized carbons (Fsp3) is 0.300. The Hall–Kier alpha value is -1.51. The minimum Gasteiger partial charge on any atom is -0.508 e. The lowest BCUT2D eigenvalue weighted by molar-refractivity contribution is 0.450. The van der Waals surface area contributed by atoms with Crippen LogP contribution in [-0.4, -0.2) is 16.4 Å². The van der Waals surface area contributed by atoms with Gasteiger partial charge in [-0.25, -0.2) is 0 Å². The zero-order chi connectivity index (χ0) is 10.0. The van der Waals surface area contributed by atoms with Crippen molar-refractivity contribution in [3.63, 3.8) is 0 Å². The average Bonchev–Trinajstić information content (AvgIpc) is 2.08. The third-order valence-electron chi connectivity index (χ3n) is 1.93. The van der Waals surface area contributed by atoms with E-state index in [-0.39, 0.29) is 17.4 Å². The maximum atomic E-state index is 9.62. The fourth-order valence-corrected chi connectivity index (χ4v) is 1.21. The molecule has 3 nitrogen and oxygen atoms in total. The molecule has 0 saturated heterocycles. The second-order valence-electron chi connectivity index (χ2n) is 3.27. The number of hydrogen-bond acceptors (Lipinski definition) is 3. The smallest absolute Gasteiger partial charge is 0.128 e. The Morgan fingerprint density at radius 1 is 1.31 bits per heavy atom. The molecule has 0 aliphatic rings. The van der Waals surface area contributed by atoms with E-state index in [1.165, 1.54) is 12.1 Å². The number of hydrogen-bond donors (Lipinski definition) is 3. The molecule has 0 aliphatic carbocycles. The molecular formula is C10H13NO2. The number of aromatic hydroxyl groups is 2. The molecule has 0 heterocycles. The van der Waals surface area contributed by atoms with Gasteiger partial charge in [-0.3, -0.25) is 0 Å². The Morgan fingerprint density at radius 2 is 1.92 bits per heavy atom. The number of nitrogens with one attached hydrogen (secondary N) is 1. The summed E-state index contributed by atoms with van der Waals surface area (Å²) >= 11 is 0. The Labute approximate surface area is 77.2 Å². The maximum Gasteiger partial charge on any atom is 0.128 e. The normalized spacial score (nSPS) is 10.4. The molecule has 1 rings (SSSR count). The first-order valence-corrected chi connectivity index (χ1v) is 4.12. The Morgan fingerprint density at radius 3 is 2.38 bits per heavy atom. The van der Waals surface area contributed by atoms with E-state index in [4.69, 9.17) is 5.41 Å². The van der Waals surface area contributed by atoms with Crippen molar-refractivity contribution in [1.82, 2.24) is 0 Å². The monoisotopic (exact) mass is 179 g/mol. The summed E-state index contributed by atoms with van der Waals surface area (Å²) < 4.78 is 0. The molecule has 0 radical (unpaired) electrons. The predicted molar refractivity (Wildman–Crippen MR) is 51.7 cm³/mol. The Balaban J connectivity index is 3.35. The Kier molecular flexibility index (Phi) is 2.56. The van der Waals surface area contributed by atoms with Gasteiger partial charge in [0.15, 0.2) is 0 Å². The van der Waals surface area contributed by atoms with Crippen LogP contribution in [0.15, 0.2) is 12.1 Å². The van der Waals surface area contributed by atoms with E-state index in [0.717, 1.165) is 6.21 Å². The third kappa shape index (κ3) is 1.80. The van der Waals surface area contributed by atoms with Gasteiger partial charge < -0.3 is 15.6 Å². The topological polar surface area (TPSA) is 64.3 Å². The lowest BCUT2D eigenvalue weighted by Gasteiger charge is -2.10. The quantitative estimate of drug-likeness (QED) is 0.481. The minimum atomic E-state index is 0.0833. The van der Waals surface area contributed by atoms with E-state index in [1.807, 2.05) is 13.8 Å². The average molecular weight is 179 g/mol. The molecule has 70 valence electrons. The molecule has 1 aromatic rings. The van der Waals surface area contributed by atoms with Gasteiger partial charge in [0.25, 0.3) is 0 Å². The van der Waals surface area contributed by atoms with Crippen LogP contribution in [0.5, 0.6) is 11.5 Å². The zero-order valence-corrected chi connectivity index (χ0v) is 7.70. The van der Waals surface area contributed by atoms with Gasteiger partial charge in [-0.15, -0.1) is 0 Å². The Bertz CT molecular complexity index is 332. The summed E-state index contributed by atoms with van der Waals surface area (Å²) in [4.78, 5) is 0. The van der Waals surface area contributed by atoms with Gasteiger partial charge in [0.1, 0.15) is 11.5 Å². The first kappa shape index (κ1) is 9.58. The van der Waals surface area contributed by atoms with Crippen molar-refractivity contribution in [2.75, 3.05) is 0 Å². The molecule has 0 spiro atoms. The lowest BCUT2D eigenvalue weighted by atomic mass is 9.99. The molecule has 1 aromatic carbocycles.